The number of ether oxygens (including phenoxy) is 1. The lowest BCUT2D eigenvalue weighted by Gasteiger charge is -2.26. The molecule has 0 unspecified atom stereocenters. The molecule has 0 atom stereocenters. The maximum atomic E-state index is 13.8. The third kappa shape index (κ3) is 5.99. The van der Waals surface area contributed by atoms with Crippen molar-refractivity contribution in [2.24, 2.45) is 5.14 Å². The average molecular weight is 518 g/mol. The van der Waals surface area contributed by atoms with Gasteiger partial charge in [-0.1, -0.05) is 12.1 Å². The third-order valence-corrected chi connectivity index (χ3v) is 8.14. The summed E-state index contributed by atoms with van der Waals surface area (Å²) in [5.74, 6) is -0.467. The molecule has 3 N–H and O–H groups in total. The summed E-state index contributed by atoms with van der Waals surface area (Å²) in [4.78, 5) is 12.8. The Morgan fingerprint density at radius 1 is 0.914 bits per heavy atom. The molecule has 3 rings (SSSR count). The Bertz CT molecular complexity index is 1470. The molecule has 35 heavy (non-hydrogen) atoms. The van der Waals surface area contributed by atoms with Crippen molar-refractivity contribution in [3.05, 3.63) is 77.4 Å². The number of sulfonamides is 2. The van der Waals surface area contributed by atoms with E-state index in [2.05, 4.69) is 5.32 Å². The summed E-state index contributed by atoms with van der Waals surface area (Å²) in [5.41, 5.74) is 3.14. The van der Waals surface area contributed by atoms with Crippen LogP contribution in [-0.2, 0) is 24.8 Å². The molecule has 0 spiro atoms. The van der Waals surface area contributed by atoms with Crippen LogP contribution in [0.1, 0.15) is 16.7 Å². The minimum absolute atomic E-state index is 0.0662. The maximum Gasteiger partial charge on any atom is 0.268 e. The Kier molecular flexibility index (Phi) is 7.53. The van der Waals surface area contributed by atoms with Crippen molar-refractivity contribution in [3.63, 3.8) is 0 Å². The Balaban J connectivity index is 2.00. The first-order chi connectivity index (χ1) is 16.3. The van der Waals surface area contributed by atoms with E-state index in [-0.39, 0.29) is 21.2 Å². The summed E-state index contributed by atoms with van der Waals surface area (Å²) in [6.07, 6.45) is 0. The first-order valence-corrected chi connectivity index (χ1v) is 13.5. The molecule has 0 aliphatic heterocycles. The fourth-order valence-electron chi connectivity index (χ4n) is 3.36. The fraction of sp³-hybridized carbons (Fsp3) is 0.208. The number of primary sulfonamides is 1. The van der Waals surface area contributed by atoms with E-state index >= 15 is 0 Å². The first-order valence-electron chi connectivity index (χ1n) is 10.5. The van der Waals surface area contributed by atoms with Crippen molar-refractivity contribution < 1.29 is 26.4 Å². The predicted octanol–water partition coefficient (Wildman–Crippen LogP) is 3.10. The highest BCUT2D eigenvalue weighted by molar-refractivity contribution is 7.93. The highest BCUT2D eigenvalue weighted by atomic mass is 32.2. The van der Waals surface area contributed by atoms with Crippen LogP contribution in [-0.4, -0.2) is 36.4 Å². The number of nitrogens with one attached hydrogen (secondary N) is 1. The molecule has 0 aliphatic carbocycles. The summed E-state index contributed by atoms with van der Waals surface area (Å²) in [7, 11) is -6.72. The summed E-state index contributed by atoms with van der Waals surface area (Å²) in [6.45, 7) is 4.99. The number of rotatable bonds is 8. The van der Waals surface area contributed by atoms with Crippen LogP contribution in [0.3, 0.4) is 0 Å². The largest absolute Gasteiger partial charge is 0.495 e. The van der Waals surface area contributed by atoms with Gasteiger partial charge in [0.05, 0.1) is 17.7 Å². The smallest absolute Gasteiger partial charge is 0.268 e. The second-order valence-electron chi connectivity index (χ2n) is 8.05. The number of amides is 1. The normalized spacial score (nSPS) is 11.7. The summed E-state index contributed by atoms with van der Waals surface area (Å²) >= 11 is 0. The standard InChI is InChI=1S/C24H27N3O6S2/c1-16-5-12-22(33-4)23(13-16)35(31,32)27(20-9-6-17(2)18(3)14-20)15-24(28)26-19-7-10-21(11-8-19)34(25,29)30/h5-14H,15H2,1-4H3,(H,26,28)(H2,25,29,30). The second kappa shape index (κ2) is 10.1. The van der Waals surface area contributed by atoms with Crippen molar-refractivity contribution in [3.8, 4) is 5.75 Å². The summed E-state index contributed by atoms with van der Waals surface area (Å²) in [5, 5.41) is 7.70. The zero-order valence-corrected chi connectivity index (χ0v) is 21.4. The number of carbonyl (C=O) groups is 1. The van der Waals surface area contributed by atoms with Crippen molar-refractivity contribution in [2.45, 2.75) is 30.6 Å². The molecule has 186 valence electrons. The molecule has 9 nitrogen and oxygen atoms in total. The molecule has 1 amide bonds. The second-order valence-corrected chi connectivity index (χ2v) is 11.4. The summed E-state index contributed by atoms with van der Waals surface area (Å²) < 4.78 is 56.8. The van der Waals surface area contributed by atoms with Gasteiger partial charge < -0.3 is 10.1 Å². The van der Waals surface area contributed by atoms with Gasteiger partial charge in [-0.15, -0.1) is 0 Å². The Hall–Kier alpha value is -3.41. The van der Waals surface area contributed by atoms with Crippen LogP contribution < -0.4 is 19.5 Å². The molecular formula is C24H27N3O6S2. The number of aryl methyl sites for hydroxylation is 3. The van der Waals surface area contributed by atoms with Gasteiger partial charge in [0.15, 0.2) is 0 Å². The highest BCUT2D eigenvalue weighted by Crippen LogP contribution is 2.31. The lowest BCUT2D eigenvalue weighted by atomic mass is 10.1. The van der Waals surface area contributed by atoms with Gasteiger partial charge in [0.25, 0.3) is 10.0 Å². The topological polar surface area (TPSA) is 136 Å². The SMILES string of the molecule is COc1ccc(C)cc1S(=O)(=O)N(CC(=O)Nc1ccc(S(N)(=O)=O)cc1)c1ccc(C)c(C)c1. The lowest BCUT2D eigenvalue weighted by Crippen LogP contribution is -2.38. The number of methoxy groups -OCH3 is 1. The molecule has 0 saturated heterocycles. The van der Waals surface area contributed by atoms with E-state index in [0.717, 1.165) is 15.4 Å². The number of nitrogens with zero attached hydrogens (tertiary/aromatic N) is 1. The van der Waals surface area contributed by atoms with E-state index in [0.29, 0.717) is 11.3 Å². The number of anilines is 2. The van der Waals surface area contributed by atoms with Gasteiger partial charge in [-0.3, -0.25) is 9.10 Å². The van der Waals surface area contributed by atoms with Crippen molar-refractivity contribution in [1.29, 1.82) is 0 Å². The van der Waals surface area contributed by atoms with Gasteiger partial charge in [-0.05, 0) is 86.0 Å². The molecule has 0 heterocycles. The minimum atomic E-state index is -4.21. The van der Waals surface area contributed by atoms with Crippen LogP contribution in [0.5, 0.6) is 5.75 Å². The van der Waals surface area contributed by atoms with E-state index in [4.69, 9.17) is 9.88 Å². The van der Waals surface area contributed by atoms with Crippen molar-refractivity contribution >= 4 is 37.3 Å². The Labute approximate surface area is 205 Å². The van der Waals surface area contributed by atoms with Gasteiger partial charge in [0.2, 0.25) is 15.9 Å². The number of carbonyl (C=O) groups excluding carboxylic acids is 1. The molecule has 0 aliphatic rings. The van der Waals surface area contributed by atoms with Crippen LogP contribution in [0, 0.1) is 20.8 Å². The van der Waals surface area contributed by atoms with E-state index in [1.807, 2.05) is 13.8 Å². The molecule has 0 radical (unpaired) electrons. The van der Waals surface area contributed by atoms with Crippen LogP contribution in [0.25, 0.3) is 0 Å². The highest BCUT2D eigenvalue weighted by Gasteiger charge is 2.30. The van der Waals surface area contributed by atoms with Gasteiger partial charge in [-0.25, -0.2) is 22.0 Å². The maximum absolute atomic E-state index is 13.8. The molecule has 3 aromatic carbocycles. The fourth-order valence-corrected chi connectivity index (χ4v) is 5.53. The number of hydrogen-bond acceptors (Lipinski definition) is 6. The lowest BCUT2D eigenvalue weighted by molar-refractivity contribution is -0.114. The van der Waals surface area contributed by atoms with E-state index < -0.39 is 32.5 Å². The van der Waals surface area contributed by atoms with Gasteiger partial charge in [-0.2, -0.15) is 0 Å². The number of nitrogens with two attached hydrogens (primary N) is 1. The van der Waals surface area contributed by atoms with E-state index in [1.54, 1.807) is 37.3 Å². The van der Waals surface area contributed by atoms with Crippen molar-refractivity contribution in [2.75, 3.05) is 23.3 Å². The van der Waals surface area contributed by atoms with Gasteiger partial charge >= 0.3 is 0 Å². The van der Waals surface area contributed by atoms with E-state index in [1.165, 1.54) is 37.4 Å². The first kappa shape index (κ1) is 26.2. The zero-order chi connectivity index (χ0) is 26.0. The van der Waals surface area contributed by atoms with Crippen LogP contribution in [0.15, 0.2) is 70.5 Å². The Morgan fingerprint density at radius 2 is 1.57 bits per heavy atom. The molecular weight excluding hydrogens is 490 g/mol. The monoisotopic (exact) mass is 517 g/mol. The van der Waals surface area contributed by atoms with Crippen molar-refractivity contribution in [1.82, 2.24) is 0 Å². The van der Waals surface area contributed by atoms with Crippen LogP contribution in [0.4, 0.5) is 11.4 Å². The zero-order valence-electron chi connectivity index (χ0n) is 19.8. The third-order valence-electron chi connectivity index (χ3n) is 5.42. The van der Waals surface area contributed by atoms with Gasteiger partial charge in [0.1, 0.15) is 17.2 Å². The number of benzene rings is 3. The Morgan fingerprint density at radius 3 is 2.14 bits per heavy atom. The van der Waals surface area contributed by atoms with Crippen LogP contribution >= 0.6 is 0 Å². The van der Waals surface area contributed by atoms with E-state index in [9.17, 15) is 21.6 Å². The van der Waals surface area contributed by atoms with Gasteiger partial charge in [0, 0.05) is 5.69 Å². The molecule has 0 aromatic heterocycles. The summed E-state index contributed by atoms with van der Waals surface area (Å²) in [6, 6.07) is 15.1. The quantitative estimate of drug-likeness (QED) is 0.471. The molecule has 0 saturated carbocycles. The number of hydrogen-bond donors (Lipinski definition) is 2. The van der Waals surface area contributed by atoms with Crippen LogP contribution in [0.2, 0.25) is 0 Å². The molecule has 0 fully saturated rings. The minimum Gasteiger partial charge on any atom is -0.495 e. The predicted molar refractivity (Wildman–Crippen MR) is 135 cm³/mol. The molecule has 0 bridgehead atoms. The molecule has 11 heteroatoms. The average Bonchev–Trinajstić information content (AvgIpc) is 2.79. The molecule has 3 aromatic rings.